The number of carbonyl (C=O) groups excluding carboxylic acids is 1. The molecule has 0 spiro atoms. The highest BCUT2D eigenvalue weighted by atomic mass is 35.5. The van der Waals surface area contributed by atoms with E-state index in [1.54, 1.807) is 36.4 Å². The van der Waals surface area contributed by atoms with Crippen LogP contribution in [0.15, 0.2) is 47.3 Å². The number of aromatic amines is 1. The Hall–Kier alpha value is -2.41. The molecule has 0 aliphatic carbocycles. The largest absolute Gasteiger partial charge is 0.322 e. The molecule has 0 bridgehead atoms. The molecule has 2 aromatic carbocycles. The number of benzene rings is 2. The maximum Gasteiger partial charge on any atom is 0.258 e. The Morgan fingerprint density at radius 3 is 2.54 bits per heavy atom. The fraction of sp³-hybridized carbons (Fsp3) is 0.250. The molecular formula is C20H20Cl2N4O2. The van der Waals surface area contributed by atoms with Gasteiger partial charge in [0.1, 0.15) is 5.82 Å². The zero-order valence-corrected chi connectivity index (χ0v) is 17.0. The van der Waals surface area contributed by atoms with Crippen LogP contribution in [0.1, 0.15) is 25.7 Å². The first kappa shape index (κ1) is 20.3. The van der Waals surface area contributed by atoms with Gasteiger partial charge in [0.05, 0.1) is 39.2 Å². The molecule has 1 aromatic heterocycles. The fourth-order valence-corrected chi connectivity index (χ4v) is 3.47. The summed E-state index contributed by atoms with van der Waals surface area (Å²) in [4.78, 5) is 34.1. The monoisotopic (exact) mass is 418 g/mol. The zero-order chi connectivity index (χ0) is 20.3. The van der Waals surface area contributed by atoms with Crippen molar-refractivity contribution in [3.05, 3.63) is 68.7 Å². The van der Waals surface area contributed by atoms with E-state index >= 15 is 0 Å². The number of halogens is 2. The first-order valence-corrected chi connectivity index (χ1v) is 9.63. The molecule has 1 amide bonds. The SMILES string of the molecule is CCN(CC(=O)Nc1c(Cl)cccc1Cl)C(C)c1nc2ccccc2c(=O)[nH]1. The average molecular weight is 419 g/mol. The number of H-pyrrole nitrogens is 1. The second kappa shape index (κ2) is 8.73. The Morgan fingerprint density at radius 1 is 1.18 bits per heavy atom. The summed E-state index contributed by atoms with van der Waals surface area (Å²) in [5.41, 5.74) is 0.809. The first-order chi connectivity index (χ1) is 13.4. The van der Waals surface area contributed by atoms with Crippen LogP contribution in [0.5, 0.6) is 0 Å². The molecule has 0 saturated carbocycles. The van der Waals surface area contributed by atoms with Crippen LogP contribution >= 0.6 is 23.2 Å². The lowest BCUT2D eigenvalue weighted by atomic mass is 10.2. The summed E-state index contributed by atoms with van der Waals surface area (Å²) >= 11 is 12.2. The van der Waals surface area contributed by atoms with Gasteiger partial charge in [0.25, 0.3) is 5.56 Å². The van der Waals surface area contributed by atoms with E-state index < -0.39 is 0 Å². The Morgan fingerprint density at radius 2 is 1.86 bits per heavy atom. The highest BCUT2D eigenvalue weighted by Crippen LogP contribution is 2.29. The number of para-hydroxylation sites is 2. The van der Waals surface area contributed by atoms with Crippen LogP contribution in [0.3, 0.4) is 0 Å². The van der Waals surface area contributed by atoms with Crippen LogP contribution in [0.25, 0.3) is 10.9 Å². The van der Waals surface area contributed by atoms with Gasteiger partial charge in [-0.05, 0) is 37.7 Å². The van der Waals surface area contributed by atoms with E-state index in [0.29, 0.717) is 39.0 Å². The number of carbonyl (C=O) groups is 1. The molecule has 8 heteroatoms. The van der Waals surface area contributed by atoms with Crippen molar-refractivity contribution in [3.8, 4) is 0 Å². The van der Waals surface area contributed by atoms with Crippen molar-refractivity contribution in [2.24, 2.45) is 0 Å². The Balaban J connectivity index is 1.79. The Bertz CT molecular complexity index is 1050. The van der Waals surface area contributed by atoms with Crippen LogP contribution in [0.4, 0.5) is 5.69 Å². The maximum absolute atomic E-state index is 12.5. The van der Waals surface area contributed by atoms with Crippen LogP contribution < -0.4 is 10.9 Å². The summed E-state index contributed by atoms with van der Waals surface area (Å²) in [5, 5.41) is 4.03. The summed E-state index contributed by atoms with van der Waals surface area (Å²) in [6.07, 6.45) is 0. The van der Waals surface area contributed by atoms with Crippen LogP contribution in [0, 0.1) is 0 Å². The highest BCUT2D eigenvalue weighted by molar-refractivity contribution is 6.39. The normalized spacial score (nSPS) is 12.3. The van der Waals surface area contributed by atoms with Crippen molar-refractivity contribution >= 4 is 45.7 Å². The number of nitrogens with zero attached hydrogens (tertiary/aromatic N) is 2. The lowest BCUT2D eigenvalue weighted by molar-refractivity contribution is -0.117. The number of fused-ring (bicyclic) bond motifs is 1. The molecule has 1 heterocycles. The Labute approximate surface area is 172 Å². The minimum atomic E-state index is -0.269. The third kappa shape index (κ3) is 4.35. The second-order valence-corrected chi connectivity index (χ2v) is 7.17. The zero-order valence-electron chi connectivity index (χ0n) is 15.5. The minimum Gasteiger partial charge on any atom is -0.322 e. The van der Waals surface area contributed by atoms with E-state index in [1.165, 1.54) is 0 Å². The molecule has 0 fully saturated rings. The summed E-state index contributed by atoms with van der Waals surface area (Å²) < 4.78 is 0. The topological polar surface area (TPSA) is 78.1 Å². The van der Waals surface area contributed by atoms with Gasteiger partial charge in [0.15, 0.2) is 0 Å². The van der Waals surface area contributed by atoms with Crippen molar-refractivity contribution in [1.82, 2.24) is 14.9 Å². The standard InChI is InChI=1S/C20H20Cl2N4O2/c1-3-26(11-17(27)24-18-14(21)8-6-9-15(18)22)12(2)19-23-16-10-5-4-7-13(16)20(28)25-19/h4-10,12H,3,11H2,1-2H3,(H,24,27)(H,23,25,28). The predicted octanol–water partition coefficient (Wildman–Crippen LogP) is 4.25. The minimum absolute atomic E-state index is 0.0930. The summed E-state index contributed by atoms with van der Waals surface area (Å²) in [7, 11) is 0. The molecule has 6 nitrogen and oxygen atoms in total. The van der Waals surface area contributed by atoms with Gasteiger partial charge in [-0.2, -0.15) is 0 Å². The van der Waals surface area contributed by atoms with E-state index in [0.717, 1.165) is 0 Å². The van der Waals surface area contributed by atoms with E-state index in [9.17, 15) is 9.59 Å². The molecule has 0 aliphatic heterocycles. The van der Waals surface area contributed by atoms with E-state index in [2.05, 4.69) is 15.3 Å². The molecule has 0 aliphatic rings. The highest BCUT2D eigenvalue weighted by Gasteiger charge is 2.21. The number of amides is 1. The van der Waals surface area contributed by atoms with Gasteiger partial charge >= 0.3 is 0 Å². The maximum atomic E-state index is 12.5. The van der Waals surface area contributed by atoms with Crippen LogP contribution in [0.2, 0.25) is 10.0 Å². The van der Waals surface area contributed by atoms with Crippen molar-refractivity contribution in [2.75, 3.05) is 18.4 Å². The van der Waals surface area contributed by atoms with Gasteiger partial charge < -0.3 is 10.3 Å². The first-order valence-electron chi connectivity index (χ1n) is 8.87. The van der Waals surface area contributed by atoms with Gasteiger partial charge in [-0.1, -0.05) is 48.3 Å². The molecular weight excluding hydrogens is 399 g/mol. The average Bonchev–Trinajstić information content (AvgIpc) is 2.68. The Kier molecular flexibility index (Phi) is 6.34. The second-order valence-electron chi connectivity index (χ2n) is 6.35. The van der Waals surface area contributed by atoms with Crippen molar-refractivity contribution in [3.63, 3.8) is 0 Å². The molecule has 3 aromatic rings. The fourth-order valence-electron chi connectivity index (χ4n) is 2.98. The van der Waals surface area contributed by atoms with Gasteiger partial charge in [-0.25, -0.2) is 4.98 Å². The number of rotatable bonds is 6. The predicted molar refractivity (Wildman–Crippen MR) is 113 cm³/mol. The quantitative estimate of drug-likeness (QED) is 0.626. The molecule has 1 unspecified atom stereocenters. The van der Waals surface area contributed by atoms with Crippen LogP contribution in [-0.4, -0.2) is 33.9 Å². The summed E-state index contributed by atoms with van der Waals surface area (Å²) in [6, 6.07) is 11.9. The lowest BCUT2D eigenvalue weighted by Gasteiger charge is -2.26. The molecule has 2 N–H and O–H groups in total. The van der Waals surface area contributed by atoms with Gasteiger partial charge in [0.2, 0.25) is 5.91 Å². The van der Waals surface area contributed by atoms with Crippen molar-refractivity contribution in [2.45, 2.75) is 19.9 Å². The molecule has 146 valence electrons. The van der Waals surface area contributed by atoms with Gasteiger partial charge in [-0.3, -0.25) is 14.5 Å². The summed E-state index contributed by atoms with van der Waals surface area (Å²) in [6.45, 7) is 4.51. The van der Waals surface area contributed by atoms with Crippen molar-refractivity contribution in [1.29, 1.82) is 0 Å². The third-order valence-corrected chi connectivity index (χ3v) is 5.18. The third-order valence-electron chi connectivity index (χ3n) is 4.55. The lowest BCUT2D eigenvalue weighted by Crippen LogP contribution is -2.36. The van der Waals surface area contributed by atoms with E-state index in [4.69, 9.17) is 23.2 Å². The molecule has 1 atom stereocenters. The number of likely N-dealkylation sites (N-methyl/N-ethyl adjacent to an activating group) is 1. The van der Waals surface area contributed by atoms with E-state index in [-0.39, 0.29) is 24.1 Å². The van der Waals surface area contributed by atoms with E-state index in [1.807, 2.05) is 24.8 Å². The smallest absolute Gasteiger partial charge is 0.258 e. The molecule has 0 radical (unpaired) electrons. The number of hydrogen-bond acceptors (Lipinski definition) is 4. The number of hydrogen-bond donors (Lipinski definition) is 2. The summed E-state index contributed by atoms with van der Waals surface area (Å²) in [5.74, 6) is 0.251. The van der Waals surface area contributed by atoms with Gasteiger partial charge in [0, 0.05) is 0 Å². The molecule has 3 rings (SSSR count). The molecule has 28 heavy (non-hydrogen) atoms. The number of anilines is 1. The van der Waals surface area contributed by atoms with Crippen LogP contribution in [-0.2, 0) is 4.79 Å². The van der Waals surface area contributed by atoms with Gasteiger partial charge in [-0.15, -0.1) is 0 Å². The number of nitrogens with one attached hydrogen (secondary N) is 2. The number of aromatic nitrogens is 2. The van der Waals surface area contributed by atoms with Crippen molar-refractivity contribution < 1.29 is 4.79 Å². The molecule has 0 saturated heterocycles.